The van der Waals surface area contributed by atoms with Gasteiger partial charge in [0.05, 0.1) is 5.56 Å². The number of cyclic esters (lactones) is 1. The topological polar surface area (TPSA) is 84.3 Å². The van der Waals surface area contributed by atoms with Crippen molar-refractivity contribution in [2.45, 2.75) is 44.2 Å². The number of esters is 1. The second-order valence-corrected chi connectivity index (χ2v) is 6.92. The van der Waals surface area contributed by atoms with Gasteiger partial charge in [-0.05, 0) is 31.1 Å². The van der Waals surface area contributed by atoms with E-state index in [4.69, 9.17) is 17.0 Å². The molecule has 2 aliphatic rings. The van der Waals surface area contributed by atoms with E-state index in [0.717, 1.165) is 32.1 Å². The van der Waals surface area contributed by atoms with E-state index in [-0.39, 0.29) is 22.3 Å². The summed E-state index contributed by atoms with van der Waals surface area (Å²) in [6.07, 6.45) is 4.15. The Bertz CT molecular complexity index is 956. The molecule has 0 radical (unpaired) electrons. The van der Waals surface area contributed by atoms with Gasteiger partial charge in [-0.15, -0.1) is 0 Å². The van der Waals surface area contributed by atoms with Crippen LogP contribution in [0.5, 0.6) is 5.88 Å². The maximum atomic E-state index is 12.5. The summed E-state index contributed by atoms with van der Waals surface area (Å²) in [5.41, 5.74) is 0.514. The number of aromatic nitrogens is 2. The van der Waals surface area contributed by atoms with Crippen LogP contribution in [0.1, 0.15) is 65.7 Å². The smallest absolute Gasteiger partial charge is 0.339 e. The van der Waals surface area contributed by atoms with Gasteiger partial charge >= 0.3 is 5.97 Å². The highest BCUT2D eigenvalue weighted by molar-refractivity contribution is 7.71. The first-order valence-corrected chi connectivity index (χ1v) is 8.86. The lowest BCUT2D eigenvalue weighted by Gasteiger charge is -2.26. The first kappa shape index (κ1) is 16.1. The summed E-state index contributed by atoms with van der Waals surface area (Å²) in [5, 5.41) is 10.9. The number of benzene rings is 1. The molecule has 0 spiro atoms. The second kappa shape index (κ2) is 6.15. The molecule has 1 aromatic carbocycles. The minimum absolute atomic E-state index is 0.0393. The number of aromatic amines is 1. The Morgan fingerprint density at radius 2 is 1.88 bits per heavy atom. The zero-order chi connectivity index (χ0) is 17.6. The molecule has 2 heterocycles. The van der Waals surface area contributed by atoms with Crippen LogP contribution < -0.4 is 5.56 Å². The number of ether oxygens (including phenoxy) is 1. The van der Waals surface area contributed by atoms with Gasteiger partial charge in [-0.2, -0.15) is 0 Å². The molecular formula is C18H18N2O4S. The van der Waals surface area contributed by atoms with Crippen molar-refractivity contribution >= 4 is 18.2 Å². The maximum absolute atomic E-state index is 12.5. The highest BCUT2D eigenvalue weighted by atomic mass is 32.1. The van der Waals surface area contributed by atoms with E-state index in [1.807, 2.05) is 0 Å². The molecule has 1 aliphatic heterocycles. The van der Waals surface area contributed by atoms with E-state index in [2.05, 4.69) is 4.98 Å². The first-order valence-electron chi connectivity index (χ1n) is 8.45. The summed E-state index contributed by atoms with van der Waals surface area (Å²) in [7, 11) is 0. The number of hydrogen-bond donors (Lipinski definition) is 2. The molecule has 0 bridgehead atoms. The molecule has 2 N–H and O–H groups in total. The Kier molecular flexibility index (Phi) is 3.95. The summed E-state index contributed by atoms with van der Waals surface area (Å²) in [6.45, 7) is 0. The lowest BCUT2D eigenvalue weighted by Crippen LogP contribution is -2.25. The molecule has 1 unspecified atom stereocenters. The molecule has 1 atom stereocenters. The number of fused-ring (bicyclic) bond motifs is 1. The third-order valence-electron chi connectivity index (χ3n) is 5.04. The third-order valence-corrected chi connectivity index (χ3v) is 5.34. The summed E-state index contributed by atoms with van der Waals surface area (Å²) in [6, 6.07) is 6.94. The van der Waals surface area contributed by atoms with Crippen molar-refractivity contribution in [1.29, 1.82) is 0 Å². The molecule has 4 rings (SSSR count). The third kappa shape index (κ3) is 2.59. The quantitative estimate of drug-likeness (QED) is 0.635. The van der Waals surface area contributed by atoms with Crippen LogP contribution in [0.3, 0.4) is 0 Å². The van der Waals surface area contributed by atoms with Gasteiger partial charge in [-0.3, -0.25) is 14.3 Å². The minimum Gasteiger partial charge on any atom is -0.494 e. The normalized spacial score (nSPS) is 20.3. The maximum Gasteiger partial charge on any atom is 0.339 e. The number of nitrogens with one attached hydrogen (secondary N) is 1. The van der Waals surface area contributed by atoms with E-state index >= 15 is 0 Å². The SMILES string of the molecule is O=C1OC(c2c(O)n(C3CCCCC3)c(=S)[nH]c2=O)c2ccccc21. The van der Waals surface area contributed by atoms with Crippen LogP contribution in [0.4, 0.5) is 0 Å². The lowest BCUT2D eigenvalue weighted by atomic mass is 9.95. The number of carbonyl (C=O) groups excluding carboxylic acids is 1. The van der Waals surface area contributed by atoms with Crippen molar-refractivity contribution in [3.63, 3.8) is 0 Å². The number of nitrogens with zero attached hydrogens (tertiary/aromatic N) is 1. The number of H-pyrrole nitrogens is 1. The van der Waals surface area contributed by atoms with Crippen molar-refractivity contribution in [1.82, 2.24) is 9.55 Å². The van der Waals surface area contributed by atoms with Crippen LogP contribution in [0.15, 0.2) is 29.1 Å². The average molecular weight is 358 g/mol. The second-order valence-electron chi connectivity index (χ2n) is 6.53. The Hall–Kier alpha value is -2.41. The molecule has 1 aliphatic carbocycles. The predicted octanol–water partition coefficient (Wildman–Crippen LogP) is 3.38. The van der Waals surface area contributed by atoms with E-state index in [9.17, 15) is 14.7 Å². The van der Waals surface area contributed by atoms with Crippen LogP contribution >= 0.6 is 12.2 Å². The molecule has 7 heteroatoms. The molecular weight excluding hydrogens is 340 g/mol. The fourth-order valence-electron chi connectivity index (χ4n) is 3.83. The molecule has 1 saturated carbocycles. The number of carbonyl (C=O) groups is 1. The minimum atomic E-state index is -0.919. The van der Waals surface area contributed by atoms with Gasteiger partial charge in [0, 0.05) is 11.6 Å². The molecule has 0 saturated heterocycles. The molecule has 0 amide bonds. The summed E-state index contributed by atoms with van der Waals surface area (Å²) in [5.74, 6) is -0.693. The van der Waals surface area contributed by atoms with E-state index in [1.165, 1.54) is 0 Å². The first-order chi connectivity index (χ1) is 12.1. The molecule has 1 fully saturated rings. The van der Waals surface area contributed by atoms with E-state index < -0.39 is 17.6 Å². The van der Waals surface area contributed by atoms with Crippen LogP contribution in [0, 0.1) is 4.77 Å². The number of hydrogen-bond acceptors (Lipinski definition) is 5. The van der Waals surface area contributed by atoms with Crippen molar-refractivity contribution in [2.24, 2.45) is 0 Å². The van der Waals surface area contributed by atoms with Crippen LogP contribution in [-0.2, 0) is 4.74 Å². The average Bonchev–Trinajstić information content (AvgIpc) is 2.93. The van der Waals surface area contributed by atoms with E-state index in [0.29, 0.717) is 11.1 Å². The predicted molar refractivity (Wildman–Crippen MR) is 93.4 cm³/mol. The molecule has 1 aromatic heterocycles. The van der Waals surface area contributed by atoms with Crippen LogP contribution in [0.25, 0.3) is 0 Å². The summed E-state index contributed by atoms with van der Waals surface area (Å²) in [4.78, 5) is 27.2. The lowest BCUT2D eigenvalue weighted by molar-refractivity contribution is 0.0448. The van der Waals surface area contributed by atoms with Gasteiger partial charge < -0.3 is 9.84 Å². The zero-order valence-electron chi connectivity index (χ0n) is 13.5. The summed E-state index contributed by atoms with van der Waals surface area (Å²) >= 11 is 5.28. The van der Waals surface area contributed by atoms with Gasteiger partial charge in [-0.1, -0.05) is 37.5 Å². The van der Waals surface area contributed by atoms with Gasteiger partial charge in [0.15, 0.2) is 10.9 Å². The van der Waals surface area contributed by atoms with E-state index in [1.54, 1.807) is 28.8 Å². The standard InChI is InChI=1S/C18H18N2O4S/c21-15-13(14-11-8-4-5-9-12(11)17(23)24-14)16(22)20(18(25)19-15)10-6-2-1-3-7-10/h4-5,8-10,14,22H,1-3,6-7H2,(H,19,21,25). The van der Waals surface area contributed by atoms with Gasteiger partial charge in [-0.25, -0.2) is 4.79 Å². The Morgan fingerprint density at radius 1 is 1.16 bits per heavy atom. The number of aromatic hydroxyl groups is 1. The zero-order valence-corrected chi connectivity index (χ0v) is 14.3. The van der Waals surface area contributed by atoms with Crippen molar-refractivity contribution in [2.75, 3.05) is 0 Å². The van der Waals surface area contributed by atoms with Crippen LogP contribution in [-0.4, -0.2) is 20.6 Å². The molecule has 6 nitrogen and oxygen atoms in total. The van der Waals surface area contributed by atoms with Crippen LogP contribution in [0.2, 0.25) is 0 Å². The fraction of sp³-hybridized carbons (Fsp3) is 0.389. The molecule has 2 aromatic rings. The highest BCUT2D eigenvalue weighted by Gasteiger charge is 2.37. The Labute approximate surface area is 149 Å². The van der Waals surface area contributed by atoms with Gasteiger partial charge in [0.25, 0.3) is 5.56 Å². The molecule has 25 heavy (non-hydrogen) atoms. The molecule has 130 valence electrons. The van der Waals surface area contributed by atoms with Gasteiger partial charge in [0.1, 0.15) is 5.56 Å². The Morgan fingerprint density at radius 3 is 2.64 bits per heavy atom. The van der Waals surface area contributed by atoms with Crippen molar-refractivity contribution in [3.8, 4) is 5.88 Å². The van der Waals surface area contributed by atoms with Crippen molar-refractivity contribution in [3.05, 3.63) is 56.1 Å². The Balaban J connectivity index is 1.88. The number of rotatable bonds is 2. The largest absolute Gasteiger partial charge is 0.494 e. The fourth-order valence-corrected chi connectivity index (χ4v) is 4.15. The van der Waals surface area contributed by atoms with Crippen molar-refractivity contribution < 1.29 is 14.6 Å². The van der Waals surface area contributed by atoms with Gasteiger partial charge in [0.2, 0.25) is 5.88 Å². The monoisotopic (exact) mass is 358 g/mol. The summed E-state index contributed by atoms with van der Waals surface area (Å²) < 4.78 is 7.21. The highest BCUT2D eigenvalue weighted by Crippen LogP contribution is 2.39.